The number of carboxylic acids is 3. The van der Waals surface area contributed by atoms with Gasteiger partial charge in [-0.15, -0.1) is 0 Å². The number of para-hydroxylation sites is 1. The number of phenols is 1. The van der Waals surface area contributed by atoms with Crippen LogP contribution in [-0.4, -0.2) is 129 Å². The van der Waals surface area contributed by atoms with Crippen LogP contribution in [0.2, 0.25) is 0 Å². The van der Waals surface area contributed by atoms with Crippen molar-refractivity contribution < 1.29 is 63.6 Å². The van der Waals surface area contributed by atoms with Gasteiger partial charge in [-0.3, -0.25) is 38.4 Å². The van der Waals surface area contributed by atoms with Crippen molar-refractivity contribution >= 4 is 64.3 Å². The van der Waals surface area contributed by atoms with E-state index in [1.54, 1.807) is 20.0 Å². The van der Waals surface area contributed by atoms with E-state index >= 15 is 0 Å². The van der Waals surface area contributed by atoms with E-state index in [0.29, 0.717) is 12.0 Å². The van der Waals surface area contributed by atoms with Crippen LogP contribution in [0.1, 0.15) is 63.5 Å². The zero-order valence-corrected chi connectivity index (χ0v) is 36.1. The van der Waals surface area contributed by atoms with Gasteiger partial charge in [-0.25, -0.2) is 4.79 Å². The number of H-pyrrole nitrogens is 1. The second-order valence-electron chi connectivity index (χ2n) is 15.9. The molecule has 0 saturated carbocycles. The Balaban J connectivity index is 1.63. The number of hydrogen-bond donors (Lipinski definition) is 13. The molecule has 65 heavy (non-hydrogen) atoms. The molecule has 0 spiro atoms. The van der Waals surface area contributed by atoms with Crippen LogP contribution in [0.25, 0.3) is 10.9 Å². The lowest BCUT2D eigenvalue weighted by Crippen LogP contribution is -2.57. The Hall–Kier alpha value is -7.07. The molecule has 6 atom stereocenters. The molecule has 6 amide bonds. The van der Waals surface area contributed by atoms with E-state index in [9.17, 15) is 63.6 Å². The third-order valence-corrected chi connectivity index (χ3v) is 10.2. The number of aromatic hydroxyl groups is 1. The maximum Gasteiger partial charge on any atom is 0.326 e. The van der Waals surface area contributed by atoms with Gasteiger partial charge in [-0.05, 0) is 80.3 Å². The summed E-state index contributed by atoms with van der Waals surface area (Å²) in [6.45, 7) is 2.26. The van der Waals surface area contributed by atoms with Crippen molar-refractivity contribution in [2.75, 3.05) is 19.6 Å². The highest BCUT2D eigenvalue weighted by molar-refractivity contribution is 6.00. The van der Waals surface area contributed by atoms with Crippen LogP contribution in [0.4, 0.5) is 0 Å². The van der Waals surface area contributed by atoms with Crippen LogP contribution in [-0.2, 0) is 56.0 Å². The summed E-state index contributed by atoms with van der Waals surface area (Å²) in [6, 6.07) is 6.33. The van der Waals surface area contributed by atoms with Crippen LogP contribution < -0.4 is 43.4 Å². The zero-order valence-electron chi connectivity index (χ0n) is 36.1. The van der Waals surface area contributed by atoms with Crippen LogP contribution in [0.5, 0.6) is 5.75 Å². The number of carbonyl (C=O) groups is 9. The first-order valence-electron chi connectivity index (χ1n) is 21.0. The van der Waals surface area contributed by atoms with Gasteiger partial charge in [0.05, 0.1) is 12.6 Å². The number of phenolic OH excluding ortho intramolecular Hbond substituents is 1. The molecule has 0 aliphatic heterocycles. The molecule has 2 aromatic carbocycles. The fraction of sp³-hybridized carbons (Fsp3) is 0.465. The van der Waals surface area contributed by atoms with E-state index in [2.05, 4.69) is 36.9 Å². The number of carbonyl (C=O) groups excluding carboxylic acids is 6. The molecular formula is C43H59N9O13. The Kier molecular flexibility index (Phi) is 20.8. The number of hydrogen-bond acceptors (Lipinski definition) is 12. The Morgan fingerprint density at radius 3 is 1.92 bits per heavy atom. The first-order valence-corrected chi connectivity index (χ1v) is 21.0. The fourth-order valence-electron chi connectivity index (χ4n) is 6.68. The summed E-state index contributed by atoms with van der Waals surface area (Å²) in [5, 5.41) is 53.6. The number of nitrogens with one attached hydrogen (secondary N) is 7. The maximum atomic E-state index is 13.5. The normalized spacial score (nSPS) is 13.9. The molecule has 354 valence electrons. The number of aromatic amines is 1. The minimum absolute atomic E-state index is 0.0413. The van der Waals surface area contributed by atoms with Crippen molar-refractivity contribution in [3.63, 3.8) is 0 Å². The second-order valence-corrected chi connectivity index (χ2v) is 15.9. The largest absolute Gasteiger partial charge is 0.508 e. The second kappa shape index (κ2) is 25.9. The summed E-state index contributed by atoms with van der Waals surface area (Å²) in [5.74, 6) is -12.0. The number of unbranched alkanes of at least 4 members (excludes halogenated alkanes) is 1. The van der Waals surface area contributed by atoms with Crippen LogP contribution in [0, 0.1) is 11.8 Å². The van der Waals surface area contributed by atoms with Gasteiger partial charge in [0.25, 0.3) is 0 Å². The highest BCUT2D eigenvalue weighted by atomic mass is 16.4. The monoisotopic (exact) mass is 909 g/mol. The van der Waals surface area contributed by atoms with Crippen LogP contribution in [0.15, 0.2) is 54.7 Å². The molecule has 0 saturated heterocycles. The minimum Gasteiger partial charge on any atom is -0.508 e. The number of fused-ring (bicyclic) bond motifs is 1. The smallest absolute Gasteiger partial charge is 0.326 e. The van der Waals surface area contributed by atoms with Crippen molar-refractivity contribution in [3.05, 3.63) is 65.9 Å². The van der Waals surface area contributed by atoms with Crippen molar-refractivity contribution in [2.24, 2.45) is 23.3 Å². The van der Waals surface area contributed by atoms with Gasteiger partial charge >= 0.3 is 17.9 Å². The number of rotatable bonds is 28. The van der Waals surface area contributed by atoms with Gasteiger partial charge in [0.2, 0.25) is 35.4 Å². The molecule has 0 aliphatic carbocycles. The highest BCUT2D eigenvalue weighted by Gasteiger charge is 2.33. The maximum absolute atomic E-state index is 13.5. The number of nitrogens with two attached hydrogens (primary N) is 2. The summed E-state index contributed by atoms with van der Waals surface area (Å²) >= 11 is 0. The summed E-state index contributed by atoms with van der Waals surface area (Å²) < 4.78 is 0. The molecule has 0 fully saturated rings. The Bertz CT molecular complexity index is 2140. The predicted molar refractivity (Wildman–Crippen MR) is 234 cm³/mol. The Morgan fingerprint density at radius 1 is 0.677 bits per heavy atom. The topological polar surface area (TPSA) is 375 Å². The molecule has 1 aromatic heterocycles. The molecule has 22 nitrogen and oxygen atoms in total. The molecule has 22 heteroatoms. The van der Waals surface area contributed by atoms with Crippen molar-refractivity contribution in [2.45, 2.75) is 95.4 Å². The van der Waals surface area contributed by atoms with Crippen LogP contribution >= 0.6 is 0 Å². The van der Waals surface area contributed by atoms with Gasteiger partial charge in [-0.2, -0.15) is 0 Å². The molecule has 0 bridgehead atoms. The highest BCUT2D eigenvalue weighted by Crippen LogP contribution is 2.19. The molecule has 3 rings (SSSR count). The Labute approximate surface area is 374 Å². The molecule has 0 aliphatic rings. The van der Waals surface area contributed by atoms with E-state index in [-0.39, 0.29) is 50.3 Å². The van der Waals surface area contributed by atoms with E-state index in [0.717, 1.165) is 16.5 Å². The van der Waals surface area contributed by atoms with Gasteiger partial charge in [0, 0.05) is 36.5 Å². The zero-order chi connectivity index (χ0) is 48.2. The molecule has 15 N–H and O–H groups in total. The lowest BCUT2D eigenvalue weighted by Gasteiger charge is -2.24. The quantitative estimate of drug-likeness (QED) is 0.0306. The Morgan fingerprint density at radius 2 is 1.31 bits per heavy atom. The van der Waals surface area contributed by atoms with Gasteiger partial charge in [-0.1, -0.05) is 44.2 Å². The SMILES string of the molecule is CC(C)C[C@H](NC(=O)[C@@H](N)Cc1c[nH]c2ccccc12)C(=O)NC[C@@H](C(=O)O)C(=O)NCC(=O)N[C@@H](CCCCN)C(=O)N[C@@H](CCC(=O)O)C(=O)N[C@@H](Cc1ccc(O)cc1)C(=O)O. The van der Waals surface area contributed by atoms with Crippen molar-refractivity contribution in [1.29, 1.82) is 0 Å². The third kappa shape index (κ3) is 17.6. The van der Waals surface area contributed by atoms with E-state index in [1.165, 1.54) is 24.3 Å². The number of aliphatic carboxylic acids is 3. The van der Waals surface area contributed by atoms with Crippen molar-refractivity contribution in [1.82, 2.24) is 36.9 Å². The van der Waals surface area contributed by atoms with Gasteiger partial charge in [0.1, 0.15) is 29.9 Å². The number of carboxylic acid groups (broad SMARTS) is 3. The number of aromatic nitrogens is 1. The molecule has 3 aromatic rings. The lowest BCUT2D eigenvalue weighted by molar-refractivity contribution is -0.147. The third-order valence-electron chi connectivity index (χ3n) is 10.2. The van der Waals surface area contributed by atoms with Gasteiger partial charge < -0.3 is 68.8 Å². The number of benzene rings is 2. The first-order chi connectivity index (χ1) is 30.8. The molecule has 1 heterocycles. The van der Waals surface area contributed by atoms with Crippen LogP contribution in [0.3, 0.4) is 0 Å². The van der Waals surface area contributed by atoms with E-state index in [4.69, 9.17) is 11.5 Å². The number of amides is 6. The molecule has 0 radical (unpaired) electrons. The molecular weight excluding hydrogens is 851 g/mol. The summed E-state index contributed by atoms with van der Waals surface area (Å²) in [4.78, 5) is 118. The standard InChI is InChI=1S/C43H59N9O13/c1-23(2)17-33(51-38(58)29(45)19-25-20-46-30-8-4-3-7-27(25)30)39(59)47-21-28(42(62)63)37(57)48-22-35(54)49-31(9-5-6-16-44)40(60)50-32(14-15-36(55)56)41(61)52-34(43(64)65)18-24-10-12-26(53)13-11-24/h3-4,7-8,10-13,20,23,28-29,31-34,46,53H,5-6,9,14-19,21-22,44-45H2,1-2H3,(H,47,59)(H,48,57)(H,49,54)(H,50,60)(H,51,58)(H,52,61)(H,55,56)(H,62,63)(H,64,65)/t28-,29+,31+,32+,33+,34+/m1/s1. The summed E-state index contributed by atoms with van der Waals surface area (Å²) in [5.41, 5.74) is 13.9. The van der Waals surface area contributed by atoms with E-state index < -0.39 is 115 Å². The average molecular weight is 910 g/mol. The lowest BCUT2D eigenvalue weighted by atomic mass is 10.0. The predicted octanol–water partition coefficient (Wildman–Crippen LogP) is -1.02. The first kappa shape index (κ1) is 52.3. The fourth-order valence-corrected chi connectivity index (χ4v) is 6.68. The van der Waals surface area contributed by atoms with E-state index in [1.807, 2.05) is 24.3 Å². The van der Waals surface area contributed by atoms with Crippen molar-refractivity contribution in [3.8, 4) is 5.75 Å². The minimum atomic E-state index is -1.90. The van der Waals surface area contributed by atoms with Gasteiger partial charge in [0.15, 0.2) is 5.92 Å². The molecule has 0 unspecified atom stereocenters. The average Bonchev–Trinajstić information content (AvgIpc) is 3.65. The summed E-state index contributed by atoms with van der Waals surface area (Å²) in [6.07, 6.45) is 1.40. The summed E-state index contributed by atoms with van der Waals surface area (Å²) in [7, 11) is 0.